The van der Waals surface area contributed by atoms with Crippen LogP contribution < -0.4 is 5.43 Å². The van der Waals surface area contributed by atoms with Gasteiger partial charge in [0.25, 0.3) is 0 Å². The largest absolute Gasteiger partial charge is 0.261 e. The molecule has 0 unspecified atom stereocenters. The molecule has 0 aliphatic rings. The second-order valence-corrected chi connectivity index (χ2v) is 6.33. The van der Waals surface area contributed by atoms with E-state index in [1.54, 1.807) is 10.9 Å². The van der Waals surface area contributed by atoms with E-state index in [4.69, 9.17) is 0 Å². The molecule has 6 heteroatoms. The number of aromatic nitrogens is 4. The van der Waals surface area contributed by atoms with Gasteiger partial charge in [0.2, 0.25) is 0 Å². The maximum absolute atomic E-state index is 4.44. The van der Waals surface area contributed by atoms with E-state index in [0.717, 1.165) is 23.3 Å². The van der Waals surface area contributed by atoms with Crippen LogP contribution in [-0.4, -0.2) is 25.5 Å². The van der Waals surface area contributed by atoms with Crippen molar-refractivity contribution in [3.05, 3.63) is 65.7 Å². The van der Waals surface area contributed by atoms with E-state index < -0.39 is 0 Å². The number of hydrogen-bond acceptors (Lipinski definition) is 5. The molecule has 0 aliphatic carbocycles. The van der Waals surface area contributed by atoms with Crippen LogP contribution in [0.5, 0.6) is 0 Å². The van der Waals surface area contributed by atoms with Crippen molar-refractivity contribution in [2.24, 2.45) is 5.10 Å². The predicted molar refractivity (Wildman–Crippen MR) is 105 cm³/mol. The van der Waals surface area contributed by atoms with Crippen molar-refractivity contribution in [2.75, 3.05) is 5.43 Å². The minimum atomic E-state index is 0.627. The van der Waals surface area contributed by atoms with Crippen molar-refractivity contribution < 1.29 is 0 Å². The Morgan fingerprint density at radius 2 is 2.00 bits per heavy atom. The van der Waals surface area contributed by atoms with Crippen LogP contribution in [0.1, 0.15) is 43.4 Å². The Morgan fingerprint density at radius 3 is 2.69 bits per heavy atom. The SMILES string of the molecule is CCCCc1ccc(/C(C)=N/Nc2cc(-n3cc(C)cn3)ncn2)cc1. The van der Waals surface area contributed by atoms with E-state index in [-0.39, 0.29) is 0 Å². The molecule has 134 valence electrons. The predicted octanol–water partition coefficient (Wildman–Crippen LogP) is 4.15. The third-order valence-corrected chi connectivity index (χ3v) is 4.13. The highest BCUT2D eigenvalue weighted by Crippen LogP contribution is 2.11. The van der Waals surface area contributed by atoms with Gasteiger partial charge < -0.3 is 0 Å². The fourth-order valence-electron chi connectivity index (χ4n) is 2.57. The third kappa shape index (κ3) is 4.53. The Balaban J connectivity index is 1.69. The number of anilines is 1. The van der Waals surface area contributed by atoms with Crippen LogP contribution in [-0.2, 0) is 6.42 Å². The van der Waals surface area contributed by atoms with Crippen LogP contribution in [0, 0.1) is 6.92 Å². The molecule has 0 aliphatic heterocycles. The van der Waals surface area contributed by atoms with Gasteiger partial charge >= 0.3 is 0 Å². The summed E-state index contributed by atoms with van der Waals surface area (Å²) in [6.45, 7) is 6.18. The first-order valence-corrected chi connectivity index (χ1v) is 8.89. The summed E-state index contributed by atoms with van der Waals surface area (Å²) >= 11 is 0. The van der Waals surface area contributed by atoms with Gasteiger partial charge in [-0.05, 0) is 43.4 Å². The van der Waals surface area contributed by atoms with Crippen LogP contribution in [0.15, 0.2) is 54.2 Å². The summed E-state index contributed by atoms with van der Waals surface area (Å²) in [4.78, 5) is 8.46. The molecule has 2 aromatic heterocycles. The van der Waals surface area contributed by atoms with E-state index in [1.807, 2.05) is 26.1 Å². The third-order valence-electron chi connectivity index (χ3n) is 4.13. The number of hydrazone groups is 1. The first-order chi connectivity index (χ1) is 12.7. The molecule has 0 atom stereocenters. The molecule has 0 saturated carbocycles. The fourth-order valence-corrected chi connectivity index (χ4v) is 2.57. The van der Waals surface area contributed by atoms with Crippen LogP contribution in [0.4, 0.5) is 5.82 Å². The number of aryl methyl sites for hydroxylation is 2. The lowest BCUT2D eigenvalue weighted by Crippen LogP contribution is -2.03. The summed E-state index contributed by atoms with van der Waals surface area (Å²) in [5.41, 5.74) is 7.45. The molecule has 1 aromatic carbocycles. The Labute approximate surface area is 154 Å². The van der Waals surface area contributed by atoms with Crippen molar-refractivity contribution in [1.82, 2.24) is 19.7 Å². The van der Waals surface area contributed by atoms with Gasteiger partial charge in [0.05, 0.1) is 11.9 Å². The van der Waals surface area contributed by atoms with Gasteiger partial charge in [0.1, 0.15) is 6.33 Å². The molecule has 6 nitrogen and oxygen atoms in total. The van der Waals surface area contributed by atoms with Gasteiger partial charge in [-0.15, -0.1) is 0 Å². The van der Waals surface area contributed by atoms with E-state index in [0.29, 0.717) is 11.6 Å². The van der Waals surface area contributed by atoms with Gasteiger partial charge in [0.15, 0.2) is 11.6 Å². The van der Waals surface area contributed by atoms with Crippen LogP contribution in [0.2, 0.25) is 0 Å². The first kappa shape index (κ1) is 17.8. The normalized spacial score (nSPS) is 11.6. The Hall–Kier alpha value is -3.02. The van der Waals surface area contributed by atoms with E-state index in [1.165, 1.54) is 24.7 Å². The summed E-state index contributed by atoms with van der Waals surface area (Å²) in [7, 11) is 0. The molecule has 0 bridgehead atoms. The van der Waals surface area contributed by atoms with Crippen LogP contribution >= 0.6 is 0 Å². The summed E-state index contributed by atoms with van der Waals surface area (Å²) in [6.07, 6.45) is 8.78. The zero-order valence-corrected chi connectivity index (χ0v) is 15.5. The lowest BCUT2D eigenvalue weighted by Gasteiger charge is -2.06. The standard InChI is InChI=1S/C20H24N6/c1-4-5-6-17-7-9-18(10-8-17)16(3)24-25-19-11-20(22-14-21-19)26-13-15(2)12-23-26/h7-14H,4-6H2,1-3H3,(H,21,22,25)/b24-16+. The summed E-state index contributed by atoms with van der Waals surface area (Å²) in [5, 5.41) is 8.71. The zero-order valence-electron chi connectivity index (χ0n) is 15.5. The quantitative estimate of drug-likeness (QED) is 0.514. The van der Waals surface area contributed by atoms with Crippen molar-refractivity contribution in [1.29, 1.82) is 0 Å². The lowest BCUT2D eigenvalue weighted by molar-refractivity contribution is 0.795. The molecule has 0 amide bonds. The monoisotopic (exact) mass is 348 g/mol. The number of nitrogens with one attached hydrogen (secondary N) is 1. The average Bonchev–Trinajstić information content (AvgIpc) is 3.11. The maximum Gasteiger partial charge on any atom is 0.158 e. The number of rotatable bonds is 7. The second kappa shape index (κ2) is 8.38. The maximum atomic E-state index is 4.44. The van der Waals surface area contributed by atoms with Crippen molar-refractivity contribution >= 4 is 11.5 Å². The highest BCUT2D eigenvalue weighted by molar-refractivity contribution is 5.99. The molecule has 3 aromatic rings. The van der Waals surface area contributed by atoms with Gasteiger partial charge in [-0.2, -0.15) is 10.2 Å². The molecular weight excluding hydrogens is 324 g/mol. The molecule has 2 heterocycles. The van der Waals surface area contributed by atoms with Crippen LogP contribution in [0.3, 0.4) is 0 Å². The molecule has 3 rings (SSSR count). The van der Waals surface area contributed by atoms with E-state index >= 15 is 0 Å². The Morgan fingerprint density at radius 1 is 1.19 bits per heavy atom. The average molecular weight is 348 g/mol. The topological polar surface area (TPSA) is 68.0 Å². The molecule has 0 radical (unpaired) electrons. The van der Waals surface area contributed by atoms with Crippen LogP contribution in [0.25, 0.3) is 5.82 Å². The van der Waals surface area contributed by atoms with Crippen molar-refractivity contribution in [2.45, 2.75) is 40.0 Å². The minimum absolute atomic E-state index is 0.627. The smallest absolute Gasteiger partial charge is 0.158 e. The Bertz CT molecular complexity index is 879. The zero-order chi connectivity index (χ0) is 18.4. The van der Waals surface area contributed by atoms with E-state index in [2.05, 4.69) is 56.8 Å². The molecule has 0 fully saturated rings. The number of nitrogens with zero attached hydrogens (tertiary/aromatic N) is 5. The van der Waals surface area contributed by atoms with Gasteiger partial charge in [-0.3, -0.25) is 5.43 Å². The highest BCUT2D eigenvalue weighted by atomic mass is 15.3. The van der Waals surface area contributed by atoms with Crippen molar-refractivity contribution in [3.63, 3.8) is 0 Å². The fraction of sp³-hybridized carbons (Fsp3) is 0.300. The number of unbranched alkanes of at least 4 members (excludes halogenated alkanes) is 1. The molecule has 1 N–H and O–H groups in total. The Kier molecular flexibility index (Phi) is 5.73. The summed E-state index contributed by atoms with van der Waals surface area (Å²) < 4.78 is 1.72. The molecule has 0 spiro atoms. The van der Waals surface area contributed by atoms with Crippen molar-refractivity contribution in [3.8, 4) is 5.82 Å². The molecule has 26 heavy (non-hydrogen) atoms. The summed E-state index contributed by atoms with van der Waals surface area (Å²) in [6, 6.07) is 10.4. The first-order valence-electron chi connectivity index (χ1n) is 8.89. The van der Waals surface area contributed by atoms with E-state index in [9.17, 15) is 0 Å². The molecule has 0 saturated heterocycles. The molecular formula is C20H24N6. The number of benzene rings is 1. The number of hydrogen-bond donors (Lipinski definition) is 1. The van der Waals surface area contributed by atoms with Gasteiger partial charge in [0, 0.05) is 12.3 Å². The van der Waals surface area contributed by atoms with Gasteiger partial charge in [-0.25, -0.2) is 14.6 Å². The van der Waals surface area contributed by atoms with Gasteiger partial charge in [-0.1, -0.05) is 37.6 Å². The summed E-state index contributed by atoms with van der Waals surface area (Å²) in [5.74, 6) is 1.32. The lowest BCUT2D eigenvalue weighted by atomic mass is 10.0. The minimum Gasteiger partial charge on any atom is -0.261 e. The highest BCUT2D eigenvalue weighted by Gasteiger charge is 2.03. The second-order valence-electron chi connectivity index (χ2n) is 6.33.